The number of Topliss-reactive ketones (excluding diaryl/α,β-unsaturated/α-hetero) is 1. The average molecular weight is 288 g/mol. The van der Waals surface area contributed by atoms with E-state index in [-0.39, 0.29) is 12.2 Å². The van der Waals surface area contributed by atoms with Gasteiger partial charge in [-0.3, -0.25) is 9.59 Å². The summed E-state index contributed by atoms with van der Waals surface area (Å²) in [6.45, 7) is 5.94. The van der Waals surface area contributed by atoms with Gasteiger partial charge in [0.05, 0.1) is 19.1 Å². The zero-order chi connectivity index (χ0) is 15.7. The molecule has 0 bridgehead atoms. The molecule has 112 valence electrons. The van der Waals surface area contributed by atoms with Crippen LogP contribution in [0.25, 0.3) is 5.57 Å². The van der Waals surface area contributed by atoms with Crippen LogP contribution in [0, 0.1) is 26.7 Å². The van der Waals surface area contributed by atoms with E-state index in [1.165, 1.54) is 7.11 Å². The molecule has 1 aliphatic rings. The highest BCUT2D eigenvalue weighted by Crippen LogP contribution is 2.39. The number of carbonyl (C=O) groups is 2. The summed E-state index contributed by atoms with van der Waals surface area (Å²) in [7, 11) is 1.53. The number of ether oxygens (including phenoxy) is 1. The number of rotatable bonds is 4. The monoisotopic (exact) mass is 288 g/mol. The molecule has 0 radical (unpaired) electrons. The van der Waals surface area contributed by atoms with Crippen molar-refractivity contribution in [2.75, 3.05) is 7.11 Å². The molecular weight excluding hydrogens is 268 g/mol. The minimum atomic E-state index is -0.956. The van der Waals surface area contributed by atoms with Gasteiger partial charge in [-0.25, -0.2) is 0 Å². The Hall–Kier alpha value is -2.10. The Labute approximate surface area is 124 Å². The number of hydrogen-bond donors (Lipinski definition) is 1. The highest BCUT2D eigenvalue weighted by Gasteiger charge is 2.37. The first-order valence-corrected chi connectivity index (χ1v) is 6.96. The number of allylic oxidation sites excluding steroid dienone is 2. The van der Waals surface area contributed by atoms with Gasteiger partial charge in [-0.2, -0.15) is 0 Å². The third-order valence-corrected chi connectivity index (χ3v) is 3.92. The summed E-state index contributed by atoms with van der Waals surface area (Å²) in [5, 5.41) is 8.94. The second kappa shape index (κ2) is 5.72. The summed E-state index contributed by atoms with van der Waals surface area (Å²) in [5.41, 5.74) is 4.61. The largest absolute Gasteiger partial charge is 0.500 e. The number of carboxylic acids is 1. The van der Waals surface area contributed by atoms with Gasteiger partial charge in [0.25, 0.3) is 0 Å². The number of methoxy groups -OCH3 is 1. The van der Waals surface area contributed by atoms with Crippen molar-refractivity contribution in [2.45, 2.75) is 33.6 Å². The Morgan fingerprint density at radius 1 is 1.29 bits per heavy atom. The first-order valence-electron chi connectivity index (χ1n) is 6.96. The van der Waals surface area contributed by atoms with E-state index < -0.39 is 11.9 Å². The van der Waals surface area contributed by atoms with Crippen molar-refractivity contribution in [3.05, 3.63) is 40.1 Å². The lowest BCUT2D eigenvalue weighted by atomic mass is 9.90. The Morgan fingerprint density at radius 3 is 2.33 bits per heavy atom. The fourth-order valence-corrected chi connectivity index (χ4v) is 3.16. The Kier molecular flexibility index (Phi) is 4.16. The third kappa shape index (κ3) is 2.84. The van der Waals surface area contributed by atoms with Gasteiger partial charge < -0.3 is 9.84 Å². The normalized spacial score (nSPS) is 18.3. The average Bonchev–Trinajstić information content (AvgIpc) is 2.65. The van der Waals surface area contributed by atoms with Gasteiger partial charge in [0.15, 0.2) is 5.78 Å². The molecule has 1 aromatic rings. The number of aliphatic carboxylic acids is 1. The zero-order valence-electron chi connectivity index (χ0n) is 12.8. The maximum absolute atomic E-state index is 12.6. The molecule has 21 heavy (non-hydrogen) atoms. The standard InChI is InChI=1S/C17H20O4/c1-9-5-10(2)15(11(3)6-9)16-13(21-4)7-12(17(16)20)8-14(18)19/h5-6,12H,7-8H2,1-4H3,(H,18,19). The van der Waals surface area contributed by atoms with Crippen molar-refractivity contribution in [2.24, 2.45) is 5.92 Å². The highest BCUT2D eigenvalue weighted by atomic mass is 16.5. The van der Waals surface area contributed by atoms with Crippen LogP contribution in [-0.2, 0) is 14.3 Å². The molecule has 1 aliphatic carbocycles. The van der Waals surface area contributed by atoms with Crippen LogP contribution in [0.2, 0.25) is 0 Å². The molecular formula is C17H20O4. The number of hydrogen-bond acceptors (Lipinski definition) is 3. The summed E-state index contributed by atoms with van der Waals surface area (Å²) < 4.78 is 5.37. The van der Waals surface area contributed by atoms with E-state index in [9.17, 15) is 9.59 Å². The van der Waals surface area contributed by atoms with Gasteiger partial charge in [0.2, 0.25) is 0 Å². The Bertz CT molecular complexity index is 617. The molecule has 2 rings (SSSR count). The summed E-state index contributed by atoms with van der Waals surface area (Å²) in [6.07, 6.45) is 0.211. The van der Waals surface area contributed by atoms with E-state index >= 15 is 0 Å². The van der Waals surface area contributed by atoms with E-state index in [0.717, 1.165) is 22.3 Å². The van der Waals surface area contributed by atoms with Crippen LogP contribution in [0.5, 0.6) is 0 Å². The van der Waals surface area contributed by atoms with Crippen LogP contribution in [0.3, 0.4) is 0 Å². The van der Waals surface area contributed by atoms with Crippen LogP contribution in [0.4, 0.5) is 0 Å². The second-order valence-corrected chi connectivity index (χ2v) is 5.64. The number of aryl methyl sites for hydroxylation is 3. The molecule has 0 saturated heterocycles. The minimum absolute atomic E-state index is 0.121. The first kappa shape index (κ1) is 15.3. The van der Waals surface area contributed by atoms with E-state index in [2.05, 4.69) is 0 Å². The predicted octanol–water partition coefficient (Wildman–Crippen LogP) is 3.03. The molecule has 0 aromatic heterocycles. The smallest absolute Gasteiger partial charge is 0.304 e. The van der Waals surface area contributed by atoms with Crippen LogP contribution < -0.4 is 0 Å². The number of ketones is 1. The molecule has 0 fully saturated rings. The minimum Gasteiger partial charge on any atom is -0.500 e. The van der Waals surface area contributed by atoms with Crippen LogP contribution in [-0.4, -0.2) is 24.0 Å². The zero-order valence-corrected chi connectivity index (χ0v) is 12.8. The molecule has 0 saturated carbocycles. The summed E-state index contributed by atoms with van der Waals surface area (Å²) in [6, 6.07) is 4.06. The van der Waals surface area contributed by atoms with Crippen molar-refractivity contribution in [3.8, 4) is 0 Å². The highest BCUT2D eigenvalue weighted by molar-refractivity contribution is 6.25. The fraction of sp³-hybridized carbons (Fsp3) is 0.412. The lowest BCUT2D eigenvalue weighted by molar-refractivity contribution is -0.139. The summed E-state index contributed by atoms with van der Waals surface area (Å²) >= 11 is 0. The molecule has 0 heterocycles. The molecule has 0 aliphatic heterocycles. The van der Waals surface area contributed by atoms with Crippen LogP contribution in [0.1, 0.15) is 35.1 Å². The van der Waals surface area contributed by atoms with E-state index in [4.69, 9.17) is 9.84 Å². The van der Waals surface area contributed by atoms with E-state index in [1.54, 1.807) is 0 Å². The van der Waals surface area contributed by atoms with Crippen molar-refractivity contribution in [3.63, 3.8) is 0 Å². The first-order chi connectivity index (χ1) is 9.85. The van der Waals surface area contributed by atoms with Gasteiger partial charge in [0, 0.05) is 12.3 Å². The van der Waals surface area contributed by atoms with Crippen molar-refractivity contribution in [1.29, 1.82) is 0 Å². The lowest BCUT2D eigenvalue weighted by Crippen LogP contribution is -2.15. The van der Waals surface area contributed by atoms with E-state index in [1.807, 2.05) is 32.9 Å². The van der Waals surface area contributed by atoms with Gasteiger partial charge in [-0.1, -0.05) is 17.7 Å². The van der Waals surface area contributed by atoms with E-state index in [0.29, 0.717) is 17.8 Å². The van der Waals surface area contributed by atoms with Crippen LogP contribution in [0.15, 0.2) is 17.9 Å². The fourth-order valence-electron chi connectivity index (χ4n) is 3.16. The molecule has 0 amide bonds. The van der Waals surface area contributed by atoms with Gasteiger partial charge in [-0.05, 0) is 37.5 Å². The maximum atomic E-state index is 12.6. The van der Waals surface area contributed by atoms with Crippen molar-refractivity contribution < 1.29 is 19.4 Å². The Balaban J connectivity index is 2.51. The molecule has 1 atom stereocenters. The third-order valence-electron chi connectivity index (χ3n) is 3.92. The van der Waals surface area contributed by atoms with Crippen molar-refractivity contribution in [1.82, 2.24) is 0 Å². The number of carboxylic acid groups (broad SMARTS) is 1. The van der Waals surface area contributed by atoms with Gasteiger partial charge in [0.1, 0.15) is 5.76 Å². The lowest BCUT2D eigenvalue weighted by Gasteiger charge is -2.13. The quantitative estimate of drug-likeness (QED) is 0.925. The topological polar surface area (TPSA) is 63.6 Å². The SMILES string of the molecule is COC1=C(c2c(C)cc(C)cc2C)C(=O)C(CC(=O)O)C1. The second-order valence-electron chi connectivity index (χ2n) is 5.64. The molecule has 1 N–H and O–H groups in total. The Morgan fingerprint density at radius 2 is 1.86 bits per heavy atom. The molecule has 1 aromatic carbocycles. The summed E-state index contributed by atoms with van der Waals surface area (Å²) in [4.78, 5) is 23.5. The predicted molar refractivity (Wildman–Crippen MR) is 79.9 cm³/mol. The maximum Gasteiger partial charge on any atom is 0.304 e. The molecule has 0 spiro atoms. The molecule has 1 unspecified atom stereocenters. The number of benzene rings is 1. The van der Waals surface area contributed by atoms with Crippen LogP contribution >= 0.6 is 0 Å². The number of carbonyl (C=O) groups excluding carboxylic acids is 1. The van der Waals surface area contributed by atoms with Gasteiger partial charge in [-0.15, -0.1) is 0 Å². The summed E-state index contributed by atoms with van der Waals surface area (Å²) in [5.74, 6) is -0.999. The van der Waals surface area contributed by atoms with Gasteiger partial charge >= 0.3 is 5.97 Å². The molecule has 4 nitrogen and oxygen atoms in total. The molecule has 4 heteroatoms. The van der Waals surface area contributed by atoms with Crippen molar-refractivity contribution >= 4 is 17.3 Å².